The van der Waals surface area contributed by atoms with Crippen LogP contribution < -0.4 is 5.32 Å². The molecule has 3 aliphatic rings. The van der Waals surface area contributed by atoms with Gasteiger partial charge in [-0.3, -0.25) is 0 Å². The monoisotopic (exact) mass is 293 g/mol. The van der Waals surface area contributed by atoms with Gasteiger partial charge in [0.25, 0.3) is 0 Å². The topological polar surface area (TPSA) is 97.2 Å². The van der Waals surface area contributed by atoms with Crippen molar-refractivity contribution in [3.63, 3.8) is 0 Å². The summed E-state index contributed by atoms with van der Waals surface area (Å²) in [6.45, 7) is 2.07. The molecule has 0 aromatic rings. The minimum absolute atomic E-state index is 0.131. The highest BCUT2D eigenvalue weighted by Gasteiger charge is 2.50. The van der Waals surface area contributed by atoms with E-state index in [0.29, 0.717) is 6.61 Å². The van der Waals surface area contributed by atoms with Crippen LogP contribution in [0.3, 0.4) is 0 Å². The lowest BCUT2D eigenvalue weighted by atomic mass is 9.70. The molecule has 2 unspecified atom stereocenters. The van der Waals surface area contributed by atoms with Crippen molar-refractivity contribution in [2.45, 2.75) is 18.6 Å². The largest absolute Gasteiger partial charge is 0.497 e. The second kappa shape index (κ2) is 5.21. The van der Waals surface area contributed by atoms with Crippen molar-refractivity contribution < 1.29 is 29.1 Å². The number of allylic oxidation sites excluding steroid dienone is 3. The van der Waals surface area contributed by atoms with Crippen molar-refractivity contribution in [2.75, 3.05) is 19.8 Å². The molecule has 3 N–H and O–H groups in total. The van der Waals surface area contributed by atoms with Crippen molar-refractivity contribution in [3.8, 4) is 0 Å². The molecule has 0 spiro atoms. The van der Waals surface area contributed by atoms with E-state index in [9.17, 15) is 9.90 Å². The van der Waals surface area contributed by atoms with Crippen LogP contribution in [-0.4, -0.2) is 54.9 Å². The molecule has 2 atom stereocenters. The lowest BCUT2D eigenvalue weighted by Crippen LogP contribution is -2.42. The van der Waals surface area contributed by atoms with Crippen LogP contribution >= 0.6 is 0 Å². The van der Waals surface area contributed by atoms with Gasteiger partial charge in [-0.2, -0.15) is 0 Å². The van der Waals surface area contributed by atoms with Gasteiger partial charge >= 0.3 is 13.2 Å². The zero-order chi connectivity index (χ0) is 15.0. The smallest absolute Gasteiger partial charge is 0.495 e. The quantitative estimate of drug-likeness (QED) is 0.644. The molecule has 21 heavy (non-hydrogen) atoms. The summed E-state index contributed by atoms with van der Waals surface area (Å²) in [6.07, 6.45) is 3.69. The molecule has 0 fully saturated rings. The number of aliphatic hydroxyl groups excluding tert-OH is 1. The Hall–Kier alpha value is -1.77. The second-order valence-electron chi connectivity index (χ2n) is 5.33. The molecular weight excluding hydrogens is 277 g/mol. The highest BCUT2D eigenvalue weighted by atomic mass is 16.6. The Morgan fingerprint density at radius 1 is 1.62 bits per heavy atom. The number of nitrogens with one attached hydrogen (secondary N) is 1. The van der Waals surface area contributed by atoms with Crippen molar-refractivity contribution in [1.29, 1.82) is 0 Å². The Labute approximate surface area is 122 Å². The number of hydrogen-bond acceptors (Lipinski definition) is 5. The fourth-order valence-corrected chi connectivity index (χ4v) is 2.74. The summed E-state index contributed by atoms with van der Waals surface area (Å²) >= 11 is 0. The first-order valence-corrected chi connectivity index (χ1v) is 6.68. The number of amides is 1. The summed E-state index contributed by atoms with van der Waals surface area (Å²) in [4.78, 5) is 10.6. The molecule has 112 valence electrons. The number of aliphatic hydroxyl groups is 1. The summed E-state index contributed by atoms with van der Waals surface area (Å²) in [5.74, 6) is 0. The summed E-state index contributed by atoms with van der Waals surface area (Å²) in [5.41, 5.74) is 1.76. The van der Waals surface area contributed by atoms with Crippen LogP contribution in [0.2, 0.25) is 0 Å². The predicted molar refractivity (Wildman–Crippen MR) is 73.4 cm³/mol. The van der Waals surface area contributed by atoms with Gasteiger partial charge in [-0.25, -0.2) is 4.79 Å². The molecule has 0 saturated heterocycles. The number of ether oxygens (including phenoxy) is 1. The third-order valence-electron chi connectivity index (χ3n) is 3.87. The van der Waals surface area contributed by atoms with Crippen LogP contribution in [0.25, 0.3) is 0 Å². The Morgan fingerprint density at radius 3 is 3.14 bits per heavy atom. The third kappa shape index (κ3) is 2.46. The molecule has 1 amide bonds. The van der Waals surface area contributed by atoms with E-state index in [4.69, 9.17) is 19.2 Å². The second-order valence-corrected chi connectivity index (χ2v) is 5.33. The van der Waals surface area contributed by atoms with Crippen molar-refractivity contribution in [1.82, 2.24) is 5.32 Å². The summed E-state index contributed by atoms with van der Waals surface area (Å²) in [6, 6.07) is 0. The van der Waals surface area contributed by atoms with Gasteiger partial charge in [0.2, 0.25) is 0 Å². The number of carboxylic acid groups (broad SMARTS) is 1. The Kier molecular flexibility index (Phi) is 3.52. The first kappa shape index (κ1) is 14.2. The Bertz CT molecular complexity index is 557. The molecule has 0 bridgehead atoms. The van der Waals surface area contributed by atoms with Crippen molar-refractivity contribution in [3.05, 3.63) is 35.0 Å². The number of carbonyl (C=O) groups is 1. The van der Waals surface area contributed by atoms with E-state index in [1.807, 2.05) is 6.08 Å². The van der Waals surface area contributed by atoms with Gasteiger partial charge in [0.15, 0.2) is 0 Å². The normalized spacial score (nSPS) is 30.5. The van der Waals surface area contributed by atoms with Gasteiger partial charge in [0, 0.05) is 6.54 Å². The minimum Gasteiger partial charge on any atom is -0.497 e. The zero-order valence-electron chi connectivity index (χ0n) is 11.5. The van der Waals surface area contributed by atoms with Gasteiger partial charge in [-0.05, 0) is 35.7 Å². The van der Waals surface area contributed by atoms with Gasteiger partial charge in [-0.15, -0.1) is 0 Å². The molecule has 3 aliphatic heterocycles. The lowest BCUT2D eigenvalue weighted by Gasteiger charge is -2.28. The van der Waals surface area contributed by atoms with Gasteiger partial charge in [-0.1, -0.05) is 0 Å². The summed E-state index contributed by atoms with van der Waals surface area (Å²) in [5, 5.41) is 20.6. The van der Waals surface area contributed by atoms with E-state index in [-0.39, 0.29) is 13.2 Å². The Morgan fingerprint density at radius 2 is 2.43 bits per heavy atom. The molecule has 0 radical (unpaired) electrons. The van der Waals surface area contributed by atoms with E-state index >= 15 is 0 Å². The highest BCUT2D eigenvalue weighted by Crippen LogP contribution is 2.42. The van der Waals surface area contributed by atoms with Gasteiger partial charge < -0.3 is 29.6 Å². The van der Waals surface area contributed by atoms with E-state index in [0.717, 1.165) is 16.6 Å². The minimum atomic E-state index is -1.11. The van der Waals surface area contributed by atoms with Crippen LogP contribution in [0.1, 0.15) is 6.92 Å². The molecule has 0 saturated carbocycles. The van der Waals surface area contributed by atoms with Crippen molar-refractivity contribution >= 4 is 13.2 Å². The maximum absolute atomic E-state index is 10.6. The van der Waals surface area contributed by atoms with E-state index in [2.05, 4.69) is 5.32 Å². The highest BCUT2D eigenvalue weighted by molar-refractivity contribution is 6.57. The molecule has 0 aliphatic carbocycles. The van der Waals surface area contributed by atoms with Crippen LogP contribution in [0.15, 0.2) is 35.0 Å². The van der Waals surface area contributed by atoms with Crippen molar-refractivity contribution in [2.24, 2.45) is 0 Å². The number of hydrogen-bond donors (Lipinski definition) is 3. The molecular formula is C13H16BNO6. The standard InChI is InChI=1S/C13H16BNO6/c1-13(7-16)10-6-19-3-2-8-4-9(5-15-12(17)18)20-14(21-13)11(8)10/h2-4,9,15-16H,5-7H2,1H3,(H,17,18). The maximum Gasteiger partial charge on any atom is 0.495 e. The maximum atomic E-state index is 10.6. The van der Waals surface area contributed by atoms with E-state index < -0.39 is 24.9 Å². The average Bonchev–Trinajstić information content (AvgIpc) is 2.61. The van der Waals surface area contributed by atoms with Gasteiger partial charge in [0.1, 0.15) is 6.61 Å². The molecule has 7 nitrogen and oxygen atoms in total. The third-order valence-corrected chi connectivity index (χ3v) is 3.87. The molecule has 3 rings (SSSR count). The summed E-state index contributed by atoms with van der Waals surface area (Å²) in [7, 11) is -0.621. The lowest BCUT2D eigenvalue weighted by molar-refractivity contribution is 0.0292. The van der Waals surface area contributed by atoms with E-state index in [1.54, 1.807) is 19.3 Å². The summed E-state index contributed by atoms with van der Waals surface area (Å²) < 4.78 is 17.0. The Balaban J connectivity index is 1.92. The van der Waals surface area contributed by atoms with Crippen LogP contribution in [0, 0.1) is 0 Å². The zero-order valence-corrected chi connectivity index (χ0v) is 11.5. The predicted octanol–water partition coefficient (Wildman–Crippen LogP) is 0.228. The van der Waals surface area contributed by atoms with Crippen LogP contribution in [-0.2, 0) is 14.0 Å². The number of rotatable bonds is 3. The fraction of sp³-hybridized carbons (Fsp3) is 0.462. The molecule has 3 heterocycles. The average molecular weight is 293 g/mol. The SMILES string of the molecule is CC1(CO)OB2OC(CNC(=O)O)C=C3C=COCC1=C23. The van der Waals surface area contributed by atoms with Crippen LogP contribution in [0.5, 0.6) is 0 Å². The van der Waals surface area contributed by atoms with E-state index in [1.165, 1.54) is 0 Å². The molecule has 0 aromatic heterocycles. The van der Waals surface area contributed by atoms with Gasteiger partial charge in [0.05, 0.1) is 24.6 Å². The van der Waals surface area contributed by atoms with Crippen LogP contribution in [0.4, 0.5) is 4.79 Å². The fourth-order valence-electron chi connectivity index (χ4n) is 2.74. The first-order chi connectivity index (χ1) is 10.0. The first-order valence-electron chi connectivity index (χ1n) is 6.68. The molecule has 8 heteroatoms. The molecule has 0 aromatic carbocycles.